The minimum absolute atomic E-state index is 0.00373. The highest BCUT2D eigenvalue weighted by atomic mass is 16.5. The molecule has 3 rings (SSSR count). The molecule has 0 bridgehead atoms. The van der Waals surface area contributed by atoms with Crippen LogP contribution < -0.4 is 10.1 Å². The van der Waals surface area contributed by atoms with Crippen LogP contribution in [0, 0.1) is 11.8 Å². The van der Waals surface area contributed by atoms with E-state index in [1.54, 1.807) is 0 Å². The first kappa shape index (κ1) is 14.4. The number of ether oxygens (including phenoxy) is 1. The fraction of sp³-hybridized carbons (Fsp3) is 0.588. The lowest BCUT2D eigenvalue weighted by Crippen LogP contribution is -2.32. The Morgan fingerprint density at radius 1 is 1.29 bits per heavy atom. The molecule has 1 saturated heterocycles. The Balaban J connectivity index is 1.76. The first-order valence-electron chi connectivity index (χ1n) is 7.89. The van der Waals surface area contributed by atoms with E-state index in [2.05, 4.69) is 24.4 Å². The van der Waals surface area contributed by atoms with Crippen molar-refractivity contribution in [1.82, 2.24) is 10.2 Å². The van der Waals surface area contributed by atoms with E-state index in [9.17, 15) is 4.79 Å². The van der Waals surface area contributed by atoms with Crippen molar-refractivity contribution in [3.05, 3.63) is 29.8 Å². The molecule has 0 radical (unpaired) electrons. The number of amides is 1. The van der Waals surface area contributed by atoms with Crippen LogP contribution in [0.15, 0.2) is 24.3 Å². The molecular formula is C17H24N2O2. The van der Waals surface area contributed by atoms with Gasteiger partial charge in [-0.2, -0.15) is 0 Å². The number of carbonyl (C=O) groups excluding carboxylic acids is 1. The van der Waals surface area contributed by atoms with Crippen LogP contribution in [0.3, 0.4) is 0 Å². The molecular weight excluding hydrogens is 264 g/mol. The molecule has 4 atom stereocenters. The van der Waals surface area contributed by atoms with Crippen LogP contribution in [0.1, 0.15) is 38.9 Å². The molecule has 21 heavy (non-hydrogen) atoms. The van der Waals surface area contributed by atoms with Crippen molar-refractivity contribution in [1.29, 1.82) is 0 Å². The minimum atomic E-state index is -0.101. The lowest BCUT2D eigenvalue weighted by molar-refractivity contribution is -0.130. The molecule has 2 aliphatic rings. The average molecular weight is 288 g/mol. The van der Waals surface area contributed by atoms with Gasteiger partial charge in [0.25, 0.3) is 0 Å². The Labute approximate surface area is 126 Å². The summed E-state index contributed by atoms with van der Waals surface area (Å²) in [7, 11) is 0. The monoisotopic (exact) mass is 288 g/mol. The van der Waals surface area contributed by atoms with Gasteiger partial charge in [-0.15, -0.1) is 0 Å². The lowest BCUT2D eigenvalue weighted by Gasteiger charge is -2.25. The van der Waals surface area contributed by atoms with Gasteiger partial charge in [-0.1, -0.05) is 19.1 Å². The van der Waals surface area contributed by atoms with Crippen molar-refractivity contribution in [3.8, 4) is 5.75 Å². The van der Waals surface area contributed by atoms with Crippen LogP contribution in [0.25, 0.3) is 0 Å². The van der Waals surface area contributed by atoms with E-state index < -0.39 is 0 Å². The van der Waals surface area contributed by atoms with Crippen LogP contribution in [0.4, 0.5) is 0 Å². The van der Waals surface area contributed by atoms with Gasteiger partial charge in [-0.05, 0) is 49.8 Å². The molecule has 4 heteroatoms. The van der Waals surface area contributed by atoms with Gasteiger partial charge in [0.2, 0.25) is 5.91 Å². The molecule has 1 aromatic carbocycles. The summed E-state index contributed by atoms with van der Waals surface area (Å²) >= 11 is 0. The summed E-state index contributed by atoms with van der Waals surface area (Å²) in [5, 5.41) is 3.40. The van der Waals surface area contributed by atoms with Crippen LogP contribution in [0.2, 0.25) is 0 Å². The van der Waals surface area contributed by atoms with Crippen molar-refractivity contribution in [2.75, 3.05) is 13.2 Å². The molecule has 0 spiro atoms. The predicted molar refractivity (Wildman–Crippen MR) is 81.9 cm³/mol. The normalized spacial score (nSPS) is 31.6. The minimum Gasteiger partial charge on any atom is -0.494 e. The maximum Gasteiger partial charge on any atom is 0.241 e. The van der Waals surface area contributed by atoms with Gasteiger partial charge in [-0.3, -0.25) is 10.1 Å². The number of hydrogen-bond acceptors (Lipinski definition) is 3. The summed E-state index contributed by atoms with van der Waals surface area (Å²) in [6.07, 6.45) is 1.24. The highest BCUT2D eigenvalue weighted by molar-refractivity contribution is 5.84. The fourth-order valence-electron chi connectivity index (χ4n) is 3.06. The van der Waals surface area contributed by atoms with E-state index >= 15 is 0 Å². The largest absolute Gasteiger partial charge is 0.494 e. The molecule has 1 aliphatic heterocycles. The molecule has 1 saturated carbocycles. The van der Waals surface area contributed by atoms with Gasteiger partial charge in [-0.25, -0.2) is 0 Å². The van der Waals surface area contributed by atoms with E-state index in [1.807, 2.05) is 30.9 Å². The topological polar surface area (TPSA) is 41.6 Å². The molecule has 1 N–H and O–H groups in total. The average Bonchev–Trinajstić information content (AvgIpc) is 3.10. The van der Waals surface area contributed by atoms with Gasteiger partial charge in [0.1, 0.15) is 11.9 Å². The number of carbonyl (C=O) groups is 1. The number of nitrogens with one attached hydrogen (secondary N) is 1. The highest BCUT2D eigenvalue weighted by Gasteiger charge is 2.42. The number of rotatable bonds is 5. The number of benzene rings is 1. The Morgan fingerprint density at radius 2 is 1.95 bits per heavy atom. The number of nitrogens with zero attached hydrogens (tertiary/aromatic N) is 1. The molecule has 2 fully saturated rings. The van der Waals surface area contributed by atoms with E-state index in [4.69, 9.17) is 4.74 Å². The molecule has 1 heterocycles. The first-order valence-corrected chi connectivity index (χ1v) is 7.89. The summed E-state index contributed by atoms with van der Waals surface area (Å²) in [5.74, 6) is 2.52. The predicted octanol–water partition coefficient (Wildman–Crippen LogP) is 2.56. The van der Waals surface area contributed by atoms with Gasteiger partial charge >= 0.3 is 0 Å². The maximum absolute atomic E-state index is 12.4. The molecule has 4 unspecified atom stereocenters. The van der Waals surface area contributed by atoms with Crippen LogP contribution in [0.5, 0.6) is 5.75 Å². The van der Waals surface area contributed by atoms with Crippen molar-refractivity contribution in [2.45, 2.75) is 39.4 Å². The summed E-state index contributed by atoms with van der Waals surface area (Å²) < 4.78 is 5.48. The van der Waals surface area contributed by atoms with Crippen LogP contribution in [-0.4, -0.2) is 30.0 Å². The summed E-state index contributed by atoms with van der Waals surface area (Å²) in [6, 6.07) is 7.96. The smallest absolute Gasteiger partial charge is 0.241 e. The Bertz CT molecular complexity index is 514. The fourth-order valence-corrected chi connectivity index (χ4v) is 3.06. The van der Waals surface area contributed by atoms with E-state index in [-0.39, 0.29) is 18.1 Å². The van der Waals surface area contributed by atoms with E-state index in [0.717, 1.165) is 23.8 Å². The third kappa shape index (κ3) is 2.91. The summed E-state index contributed by atoms with van der Waals surface area (Å²) in [5.41, 5.74) is 1.13. The third-order valence-electron chi connectivity index (χ3n) is 4.59. The summed E-state index contributed by atoms with van der Waals surface area (Å²) in [4.78, 5) is 14.4. The van der Waals surface area contributed by atoms with Crippen molar-refractivity contribution >= 4 is 5.91 Å². The second-order valence-electron chi connectivity index (χ2n) is 6.26. The van der Waals surface area contributed by atoms with E-state index in [1.165, 1.54) is 6.42 Å². The highest BCUT2D eigenvalue weighted by Crippen LogP contribution is 2.40. The Hall–Kier alpha value is -1.55. The Kier molecular flexibility index (Phi) is 3.89. The molecule has 1 aliphatic carbocycles. The first-order chi connectivity index (χ1) is 10.1. The quantitative estimate of drug-likeness (QED) is 0.905. The second-order valence-corrected chi connectivity index (χ2v) is 6.26. The van der Waals surface area contributed by atoms with Crippen LogP contribution in [-0.2, 0) is 4.79 Å². The zero-order valence-corrected chi connectivity index (χ0v) is 13.0. The standard InChI is InChI=1S/C17H24N2O2/c1-4-21-15-7-5-13(6-8-15)16-18-12(3)17(20)19(16)10-14-9-11(14)2/h5-8,11-12,14,16,18H,4,9-10H2,1-3H3. The van der Waals surface area contributed by atoms with Crippen molar-refractivity contribution in [2.24, 2.45) is 11.8 Å². The molecule has 114 valence electrons. The van der Waals surface area contributed by atoms with Gasteiger partial charge < -0.3 is 9.64 Å². The molecule has 4 nitrogen and oxygen atoms in total. The number of hydrogen-bond donors (Lipinski definition) is 1. The second kappa shape index (κ2) is 5.68. The molecule has 1 amide bonds. The zero-order chi connectivity index (χ0) is 15.0. The molecule has 0 aromatic heterocycles. The van der Waals surface area contributed by atoms with E-state index in [0.29, 0.717) is 12.5 Å². The van der Waals surface area contributed by atoms with Gasteiger partial charge in [0.05, 0.1) is 12.6 Å². The van der Waals surface area contributed by atoms with Crippen molar-refractivity contribution in [3.63, 3.8) is 0 Å². The zero-order valence-electron chi connectivity index (χ0n) is 13.0. The van der Waals surface area contributed by atoms with Crippen LogP contribution >= 0.6 is 0 Å². The Morgan fingerprint density at radius 3 is 2.52 bits per heavy atom. The third-order valence-corrected chi connectivity index (χ3v) is 4.59. The molecule has 1 aromatic rings. The van der Waals surface area contributed by atoms with Gasteiger partial charge in [0, 0.05) is 6.54 Å². The summed E-state index contributed by atoms with van der Waals surface area (Å²) in [6.45, 7) is 7.72. The van der Waals surface area contributed by atoms with Gasteiger partial charge in [0.15, 0.2) is 0 Å². The maximum atomic E-state index is 12.4. The SMILES string of the molecule is CCOc1ccc(C2NC(C)C(=O)N2CC2CC2C)cc1. The van der Waals surface area contributed by atoms with Crippen molar-refractivity contribution < 1.29 is 9.53 Å². The lowest BCUT2D eigenvalue weighted by atomic mass is 10.1.